The predicted octanol–water partition coefficient (Wildman–Crippen LogP) is 2.39. The van der Waals surface area contributed by atoms with Crippen LogP contribution in [-0.2, 0) is 6.54 Å². The molecule has 0 unspecified atom stereocenters. The zero-order valence-corrected chi connectivity index (χ0v) is 12.2. The van der Waals surface area contributed by atoms with Gasteiger partial charge in [0.1, 0.15) is 11.5 Å². The minimum Gasteiger partial charge on any atom is -0.371 e. The second kappa shape index (κ2) is 4.72. The Balaban J connectivity index is 2.19. The summed E-state index contributed by atoms with van der Waals surface area (Å²) < 4.78 is 12.9. The highest BCUT2D eigenvalue weighted by Gasteiger charge is 2.42. The van der Waals surface area contributed by atoms with Gasteiger partial charge in [0, 0.05) is 18.5 Å². The van der Waals surface area contributed by atoms with E-state index >= 15 is 0 Å². The molecule has 0 saturated carbocycles. The van der Waals surface area contributed by atoms with Crippen molar-refractivity contribution < 1.29 is 9.50 Å². The summed E-state index contributed by atoms with van der Waals surface area (Å²) in [5.41, 5.74) is -0.342. The highest BCUT2D eigenvalue weighted by molar-refractivity contribution is 7.80. The van der Waals surface area contributed by atoms with Crippen LogP contribution in [0.1, 0.15) is 32.8 Å². The van der Waals surface area contributed by atoms with Gasteiger partial charge in [-0.15, -0.1) is 0 Å². The summed E-state index contributed by atoms with van der Waals surface area (Å²) >= 11 is 5.33. The molecule has 1 aliphatic rings. The van der Waals surface area contributed by atoms with Gasteiger partial charge in [0.05, 0.1) is 0 Å². The maximum atomic E-state index is 12.9. The minimum absolute atomic E-state index is 0.236. The van der Waals surface area contributed by atoms with Crippen molar-refractivity contribution >= 4 is 17.3 Å². The lowest BCUT2D eigenvalue weighted by Crippen LogP contribution is -2.65. The van der Waals surface area contributed by atoms with Gasteiger partial charge >= 0.3 is 0 Å². The van der Waals surface area contributed by atoms with E-state index in [1.807, 2.05) is 13.8 Å². The van der Waals surface area contributed by atoms with Gasteiger partial charge in [-0.3, -0.25) is 0 Å². The van der Waals surface area contributed by atoms with E-state index in [0.717, 1.165) is 5.56 Å². The number of hydrogen-bond acceptors (Lipinski definition) is 2. The minimum atomic E-state index is -1.01. The first-order valence-corrected chi connectivity index (χ1v) is 6.67. The molecule has 2 N–H and O–H groups in total. The lowest BCUT2D eigenvalue weighted by molar-refractivity contribution is -0.0921. The third-order valence-corrected chi connectivity index (χ3v) is 3.63. The van der Waals surface area contributed by atoms with Crippen LogP contribution < -0.4 is 5.32 Å². The fourth-order valence-electron chi connectivity index (χ4n) is 2.57. The van der Waals surface area contributed by atoms with Crippen molar-refractivity contribution in [2.75, 3.05) is 0 Å². The first-order chi connectivity index (χ1) is 8.70. The van der Waals surface area contributed by atoms with Crippen LogP contribution in [0.15, 0.2) is 24.3 Å². The van der Waals surface area contributed by atoms with Crippen molar-refractivity contribution in [3.05, 3.63) is 35.6 Å². The highest BCUT2D eigenvalue weighted by atomic mass is 32.1. The van der Waals surface area contributed by atoms with E-state index < -0.39 is 5.72 Å². The molecule has 0 aliphatic carbocycles. The molecule has 19 heavy (non-hydrogen) atoms. The van der Waals surface area contributed by atoms with Gasteiger partial charge in [0.2, 0.25) is 0 Å². The van der Waals surface area contributed by atoms with Crippen LogP contribution >= 0.6 is 12.2 Å². The topological polar surface area (TPSA) is 35.5 Å². The van der Waals surface area contributed by atoms with E-state index in [1.165, 1.54) is 12.1 Å². The normalized spacial score (nSPS) is 26.2. The van der Waals surface area contributed by atoms with Crippen molar-refractivity contribution in [1.82, 2.24) is 10.2 Å². The van der Waals surface area contributed by atoms with Crippen LogP contribution in [0, 0.1) is 5.82 Å². The van der Waals surface area contributed by atoms with E-state index in [0.29, 0.717) is 18.1 Å². The number of benzene rings is 1. The summed E-state index contributed by atoms with van der Waals surface area (Å²) in [7, 11) is 0. The third kappa shape index (κ3) is 3.22. The molecule has 0 radical (unpaired) electrons. The second-order valence-corrected chi connectivity index (χ2v) is 6.31. The number of hydrogen-bond donors (Lipinski definition) is 2. The summed E-state index contributed by atoms with van der Waals surface area (Å²) in [6.07, 6.45) is 0.557. The van der Waals surface area contributed by atoms with Crippen LogP contribution in [0.5, 0.6) is 0 Å². The fraction of sp³-hybridized carbons (Fsp3) is 0.500. The summed E-state index contributed by atoms with van der Waals surface area (Å²) in [5.74, 6) is -0.268. The quantitative estimate of drug-likeness (QED) is 0.817. The lowest BCUT2D eigenvalue weighted by Gasteiger charge is -2.49. The van der Waals surface area contributed by atoms with E-state index in [4.69, 9.17) is 12.2 Å². The molecule has 1 aliphatic heterocycles. The van der Waals surface area contributed by atoms with Gasteiger partial charge in [0.25, 0.3) is 0 Å². The summed E-state index contributed by atoms with van der Waals surface area (Å²) in [6.45, 7) is 6.21. The molecule has 1 saturated heterocycles. The largest absolute Gasteiger partial charge is 0.371 e. The number of halogens is 1. The Bertz CT molecular complexity index is 485. The fourth-order valence-corrected chi connectivity index (χ4v) is 3.10. The Hall–Kier alpha value is -1.20. The van der Waals surface area contributed by atoms with Crippen molar-refractivity contribution in [2.24, 2.45) is 0 Å². The number of nitrogens with zero attached hydrogens (tertiary/aromatic N) is 1. The first-order valence-electron chi connectivity index (χ1n) is 6.26. The Morgan fingerprint density at radius 3 is 2.42 bits per heavy atom. The molecular formula is C14H19FN2OS. The molecule has 1 fully saturated rings. The van der Waals surface area contributed by atoms with E-state index in [2.05, 4.69) is 5.32 Å². The molecule has 3 nitrogen and oxygen atoms in total. The van der Waals surface area contributed by atoms with Crippen LogP contribution in [0.25, 0.3) is 0 Å². The summed E-state index contributed by atoms with van der Waals surface area (Å²) in [5, 5.41) is 14.3. The molecule has 0 amide bonds. The molecule has 104 valence electrons. The van der Waals surface area contributed by atoms with E-state index in [9.17, 15) is 9.50 Å². The SMILES string of the molecule is CC1(C)C[C@](C)(O)N(Cc2ccc(F)cc2)C(=S)N1. The molecule has 1 heterocycles. The summed E-state index contributed by atoms with van der Waals surface area (Å²) in [6, 6.07) is 6.23. The van der Waals surface area contributed by atoms with Crippen LogP contribution in [-0.4, -0.2) is 26.4 Å². The summed E-state index contributed by atoms with van der Waals surface area (Å²) in [4.78, 5) is 1.74. The smallest absolute Gasteiger partial charge is 0.171 e. The Labute approximate surface area is 118 Å². The maximum Gasteiger partial charge on any atom is 0.171 e. The number of nitrogens with one attached hydrogen (secondary N) is 1. The average molecular weight is 282 g/mol. The average Bonchev–Trinajstić information content (AvgIpc) is 2.23. The number of rotatable bonds is 2. The Morgan fingerprint density at radius 2 is 1.89 bits per heavy atom. The Kier molecular flexibility index (Phi) is 3.53. The van der Waals surface area contributed by atoms with Gasteiger partial charge in [0.15, 0.2) is 5.11 Å². The predicted molar refractivity (Wildman–Crippen MR) is 77.0 cm³/mol. The van der Waals surface area contributed by atoms with Crippen molar-refractivity contribution in [3.63, 3.8) is 0 Å². The van der Waals surface area contributed by atoms with Crippen LogP contribution in [0.4, 0.5) is 4.39 Å². The molecule has 0 aromatic heterocycles. The molecule has 2 rings (SSSR count). The number of aliphatic hydroxyl groups is 1. The van der Waals surface area contributed by atoms with E-state index in [-0.39, 0.29) is 11.4 Å². The standard InChI is InChI=1S/C14H19FN2OS/c1-13(2)9-14(3,18)17(12(19)16-13)8-10-4-6-11(15)7-5-10/h4-7,18H,8-9H2,1-3H3,(H,16,19)/t14-/m0/s1. The van der Waals surface area contributed by atoms with Crippen LogP contribution in [0.3, 0.4) is 0 Å². The molecule has 5 heteroatoms. The molecule has 1 aromatic rings. The zero-order chi connectivity index (χ0) is 14.3. The zero-order valence-electron chi connectivity index (χ0n) is 11.4. The number of thiocarbonyl (C=S) groups is 1. The van der Waals surface area contributed by atoms with Crippen LogP contribution in [0.2, 0.25) is 0 Å². The Morgan fingerprint density at radius 1 is 1.32 bits per heavy atom. The van der Waals surface area contributed by atoms with Crippen molar-refractivity contribution in [3.8, 4) is 0 Å². The monoisotopic (exact) mass is 282 g/mol. The molecular weight excluding hydrogens is 263 g/mol. The third-order valence-electron chi connectivity index (χ3n) is 3.30. The lowest BCUT2D eigenvalue weighted by atomic mass is 9.90. The molecule has 0 bridgehead atoms. The van der Waals surface area contributed by atoms with Gasteiger partial charge in [-0.25, -0.2) is 4.39 Å². The highest BCUT2D eigenvalue weighted by Crippen LogP contribution is 2.30. The van der Waals surface area contributed by atoms with Crippen molar-refractivity contribution in [2.45, 2.75) is 45.0 Å². The van der Waals surface area contributed by atoms with E-state index in [1.54, 1.807) is 24.0 Å². The molecule has 1 atom stereocenters. The molecule has 0 spiro atoms. The van der Waals surface area contributed by atoms with Crippen molar-refractivity contribution in [1.29, 1.82) is 0 Å². The van der Waals surface area contributed by atoms with Gasteiger partial charge in [-0.1, -0.05) is 12.1 Å². The second-order valence-electron chi connectivity index (χ2n) is 5.92. The maximum absolute atomic E-state index is 12.9. The van der Waals surface area contributed by atoms with Gasteiger partial charge in [-0.05, 0) is 50.7 Å². The molecule has 1 aromatic carbocycles. The van der Waals surface area contributed by atoms with Gasteiger partial charge in [-0.2, -0.15) is 0 Å². The van der Waals surface area contributed by atoms with Gasteiger partial charge < -0.3 is 15.3 Å². The first kappa shape index (κ1) is 14.2.